The van der Waals surface area contributed by atoms with Crippen molar-refractivity contribution in [3.05, 3.63) is 68.0 Å². The fraction of sp³-hybridized carbons (Fsp3) is 0.514. The molecule has 1 aromatic carbocycles. The number of methoxy groups -OCH3 is 1. The lowest BCUT2D eigenvalue weighted by Gasteiger charge is -2.36. The molecule has 10 nitrogen and oxygen atoms in total. The number of ether oxygens (including phenoxy) is 3. The second kappa shape index (κ2) is 16.0. The van der Waals surface area contributed by atoms with Gasteiger partial charge in [0.15, 0.2) is 8.32 Å². The maximum Gasteiger partial charge on any atom is 0.411 e. The molecule has 0 unspecified atom stereocenters. The molecular formula is C35H47N3O7S2Si. The Morgan fingerprint density at radius 1 is 1.08 bits per heavy atom. The van der Waals surface area contributed by atoms with Crippen LogP contribution < -0.4 is 10.1 Å². The minimum Gasteiger partial charge on any atom is -0.496 e. The number of amides is 1. The molecule has 260 valence electrons. The normalized spacial score (nSPS) is 17.1. The predicted octanol–water partition coefficient (Wildman–Crippen LogP) is 7.48. The molecule has 0 radical (unpaired) electrons. The highest BCUT2D eigenvalue weighted by Gasteiger charge is 2.45. The average molecular weight is 714 g/mol. The molecule has 2 N–H and O–H groups in total. The molecule has 1 aliphatic carbocycles. The number of aliphatic hydroxyl groups is 1. The van der Waals surface area contributed by atoms with E-state index >= 15 is 0 Å². The number of anilines is 1. The summed E-state index contributed by atoms with van der Waals surface area (Å²) in [6.45, 7) is 11.8. The number of nitrogens with zero attached hydrogens (tertiary/aromatic N) is 2. The molecule has 0 atom stereocenters. The summed E-state index contributed by atoms with van der Waals surface area (Å²) in [5.74, 6) is -0.123. The fourth-order valence-corrected chi connectivity index (χ4v) is 8.00. The number of nitrogens with one attached hydrogen (secondary N) is 1. The van der Waals surface area contributed by atoms with Crippen molar-refractivity contribution in [2.45, 2.75) is 88.9 Å². The van der Waals surface area contributed by atoms with E-state index in [1.165, 1.54) is 22.7 Å². The first kappa shape index (κ1) is 37.6. The van der Waals surface area contributed by atoms with Crippen molar-refractivity contribution < 1.29 is 33.3 Å². The van der Waals surface area contributed by atoms with E-state index < -0.39 is 26.0 Å². The number of carbonyl (C=O) groups excluding carboxylic acids is 2. The molecule has 0 saturated heterocycles. The molecule has 1 amide bonds. The Morgan fingerprint density at radius 2 is 1.71 bits per heavy atom. The van der Waals surface area contributed by atoms with E-state index in [0.29, 0.717) is 52.7 Å². The average Bonchev–Trinajstić information content (AvgIpc) is 3.79. The molecule has 48 heavy (non-hydrogen) atoms. The number of benzene rings is 1. The molecule has 1 fully saturated rings. The van der Waals surface area contributed by atoms with Gasteiger partial charge in [-0.25, -0.2) is 9.59 Å². The van der Waals surface area contributed by atoms with E-state index in [2.05, 4.69) is 50.2 Å². The number of hydrogen-bond donors (Lipinski definition) is 2. The molecule has 3 aromatic rings. The van der Waals surface area contributed by atoms with Crippen LogP contribution in [0.2, 0.25) is 18.1 Å². The summed E-state index contributed by atoms with van der Waals surface area (Å²) in [5, 5.41) is 27.7. The van der Waals surface area contributed by atoms with E-state index in [-0.39, 0.29) is 23.8 Å². The first-order valence-corrected chi connectivity index (χ1v) is 20.8. The summed E-state index contributed by atoms with van der Waals surface area (Å²) in [4.78, 5) is 29.2. The summed E-state index contributed by atoms with van der Waals surface area (Å²) in [6.07, 6.45) is 1.99. The molecule has 1 aliphatic rings. The molecule has 1 saturated carbocycles. The minimum absolute atomic E-state index is 0.0364. The predicted molar refractivity (Wildman–Crippen MR) is 191 cm³/mol. The van der Waals surface area contributed by atoms with Crippen LogP contribution in [0.5, 0.6) is 5.75 Å². The molecule has 0 bridgehead atoms. The van der Waals surface area contributed by atoms with Gasteiger partial charge >= 0.3 is 12.1 Å². The van der Waals surface area contributed by atoms with E-state index in [9.17, 15) is 20.0 Å². The Balaban J connectivity index is 1.25. The van der Waals surface area contributed by atoms with E-state index in [0.717, 1.165) is 18.4 Å². The van der Waals surface area contributed by atoms with Gasteiger partial charge in [-0.3, -0.25) is 5.32 Å². The highest BCUT2D eigenvalue weighted by atomic mass is 32.1. The summed E-state index contributed by atoms with van der Waals surface area (Å²) in [5.41, 5.74) is -0.472. The van der Waals surface area contributed by atoms with Gasteiger partial charge < -0.3 is 28.6 Å². The summed E-state index contributed by atoms with van der Waals surface area (Å²) >= 11 is 2.65. The van der Waals surface area contributed by atoms with Gasteiger partial charge in [-0.05, 0) is 79.8 Å². The van der Waals surface area contributed by atoms with Gasteiger partial charge in [-0.1, -0.05) is 32.9 Å². The van der Waals surface area contributed by atoms with Crippen LogP contribution in [0.3, 0.4) is 0 Å². The lowest BCUT2D eigenvalue weighted by atomic mass is 9.91. The smallest absolute Gasteiger partial charge is 0.411 e. The minimum atomic E-state index is -2.02. The Bertz CT molecular complexity index is 1520. The van der Waals surface area contributed by atoms with E-state index in [1.54, 1.807) is 31.4 Å². The van der Waals surface area contributed by atoms with Gasteiger partial charge in [-0.2, -0.15) is 5.26 Å². The molecule has 2 aromatic heterocycles. The zero-order chi connectivity index (χ0) is 35.1. The number of carbonyl (C=O) groups is 2. The quantitative estimate of drug-likeness (QED) is 0.137. The summed E-state index contributed by atoms with van der Waals surface area (Å²) in [6, 6.07) is 12.8. The van der Waals surface area contributed by atoms with Crippen molar-refractivity contribution in [1.82, 2.24) is 4.90 Å². The zero-order valence-electron chi connectivity index (χ0n) is 28.8. The Labute approximate surface area is 292 Å². The second-order valence-electron chi connectivity index (χ2n) is 13.6. The van der Waals surface area contributed by atoms with Crippen molar-refractivity contribution in [1.29, 1.82) is 5.26 Å². The third kappa shape index (κ3) is 8.85. The van der Waals surface area contributed by atoms with Gasteiger partial charge in [0.1, 0.15) is 24.5 Å². The van der Waals surface area contributed by atoms with Gasteiger partial charge in [0.2, 0.25) is 5.60 Å². The Kier molecular flexibility index (Phi) is 12.5. The molecule has 4 rings (SSSR count). The van der Waals surface area contributed by atoms with E-state index in [4.69, 9.17) is 18.6 Å². The van der Waals surface area contributed by atoms with Crippen LogP contribution in [0.4, 0.5) is 10.5 Å². The first-order valence-electron chi connectivity index (χ1n) is 16.1. The maximum absolute atomic E-state index is 13.3. The van der Waals surface area contributed by atoms with Crippen molar-refractivity contribution in [2.24, 2.45) is 0 Å². The number of esters is 1. The number of rotatable bonds is 13. The lowest BCUT2D eigenvalue weighted by Crippen LogP contribution is -2.42. The zero-order valence-corrected chi connectivity index (χ0v) is 31.5. The summed E-state index contributed by atoms with van der Waals surface area (Å²) < 4.78 is 23.2. The van der Waals surface area contributed by atoms with Crippen molar-refractivity contribution in [2.75, 3.05) is 32.6 Å². The van der Waals surface area contributed by atoms with Crippen LogP contribution >= 0.6 is 22.7 Å². The van der Waals surface area contributed by atoms with Crippen molar-refractivity contribution in [3.63, 3.8) is 0 Å². The highest BCUT2D eigenvalue weighted by molar-refractivity contribution is 7.12. The molecule has 2 heterocycles. The molecular weight excluding hydrogens is 667 g/mol. The second-order valence-corrected chi connectivity index (χ2v) is 20.3. The van der Waals surface area contributed by atoms with Crippen LogP contribution in [0, 0.1) is 11.3 Å². The molecule has 0 aliphatic heterocycles. The largest absolute Gasteiger partial charge is 0.496 e. The number of hydrogen-bond acceptors (Lipinski definition) is 11. The monoisotopic (exact) mass is 713 g/mol. The molecule has 13 heteroatoms. The van der Waals surface area contributed by atoms with Gasteiger partial charge in [0.05, 0.1) is 34.7 Å². The first-order chi connectivity index (χ1) is 22.7. The van der Waals surface area contributed by atoms with Gasteiger partial charge in [0, 0.05) is 24.2 Å². The van der Waals surface area contributed by atoms with Crippen LogP contribution in [0.25, 0.3) is 0 Å². The topological polar surface area (TPSA) is 130 Å². The van der Waals surface area contributed by atoms with Crippen LogP contribution in [-0.2, 0) is 30.9 Å². The lowest BCUT2D eigenvalue weighted by molar-refractivity contribution is -0.169. The third-order valence-electron chi connectivity index (χ3n) is 9.44. The molecule has 0 spiro atoms. The summed E-state index contributed by atoms with van der Waals surface area (Å²) in [7, 11) is 1.50. The van der Waals surface area contributed by atoms with E-state index in [1.807, 2.05) is 29.9 Å². The number of likely N-dealkylation sites (N-methyl/N-ethyl adjacent to an activating group) is 1. The van der Waals surface area contributed by atoms with Crippen LogP contribution in [0.15, 0.2) is 47.2 Å². The highest BCUT2D eigenvalue weighted by Crippen LogP contribution is 2.39. The standard InChI is InChI=1S/C35H47N3O7S2Si/c1-34(2,3)48(6,7)44-23-25-20-24(22-36)28(21-29(25)42-5)37-33(40)43-17-16-38(4)26-12-14-27(15-13-26)45-32(39)35(41,30-10-8-18-46-30)31-11-9-19-47-31/h8-11,18-21,26-27,41H,12-17,23H2,1-7H3,(H,37,40). The third-order valence-corrected chi connectivity index (χ3v) is 15.9. The van der Waals surface area contributed by atoms with Crippen molar-refractivity contribution >= 4 is 48.7 Å². The van der Waals surface area contributed by atoms with Crippen molar-refractivity contribution in [3.8, 4) is 11.8 Å². The van der Waals surface area contributed by atoms with Crippen LogP contribution in [-0.4, -0.2) is 69.8 Å². The number of thiophene rings is 2. The number of nitriles is 1. The fourth-order valence-electron chi connectivity index (χ4n) is 5.34. The Hall–Kier alpha value is -3.25. The maximum atomic E-state index is 13.3. The van der Waals surface area contributed by atoms with Crippen LogP contribution in [0.1, 0.15) is 67.3 Å². The SMILES string of the molecule is COc1cc(NC(=O)OCCN(C)C2CCC(OC(=O)C(O)(c3cccs3)c3cccs3)CC2)c(C#N)cc1CO[Si](C)(C)C(C)(C)C. The van der Waals surface area contributed by atoms with Gasteiger partial charge in [-0.15, -0.1) is 22.7 Å². The Morgan fingerprint density at radius 3 is 2.23 bits per heavy atom. The van der Waals surface area contributed by atoms with Gasteiger partial charge in [0.25, 0.3) is 0 Å².